The fourth-order valence-electron chi connectivity index (χ4n) is 1.82. The molecule has 0 aromatic heterocycles. The summed E-state index contributed by atoms with van der Waals surface area (Å²) in [5.41, 5.74) is 1.24. The Kier molecular flexibility index (Phi) is 4.65. The van der Waals surface area contributed by atoms with Gasteiger partial charge in [-0.05, 0) is 48.9 Å². The van der Waals surface area contributed by atoms with E-state index in [1.54, 1.807) is 43.5 Å². The Bertz CT molecular complexity index is 714. The third-order valence-electron chi connectivity index (χ3n) is 2.96. The number of rotatable bonds is 3. The van der Waals surface area contributed by atoms with Crippen LogP contribution in [-0.4, -0.2) is 21.5 Å². The molecule has 0 bridgehead atoms. The third-order valence-corrected chi connectivity index (χ3v) is 4.12. The van der Waals surface area contributed by atoms with Gasteiger partial charge in [0, 0.05) is 32.5 Å². The molecular weight excluding hydrogens is 310 g/mol. The lowest BCUT2D eigenvalue weighted by Crippen LogP contribution is -2.12. The van der Waals surface area contributed by atoms with E-state index < -0.39 is 10.8 Å². The van der Waals surface area contributed by atoms with Gasteiger partial charge in [-0.1, -0.05) is 11.6 Å². The molecule has 4 nitrogen and oxygen atoms in total. The third kappa shape index (κ3) is 3.62. The molecule has 6 heteroatoms. The molecule has 0 heterocycles. The molecule has 2 rings (SSSR count). The second-order valence-corrected chi connectivity index (χ2v) is 6.37. The van der Waals surface area contributed by atoms with Gasteiger partial charge in [0.1, 0.15) is 5.75 Å². The fraction of sp³-hybridized carbons (Fsp3) is 0.133. The number of hydrogen-bond acceptors (Lipinski definition) is 3. The van der Waals surface area contributed by atoms with Crippen LogP contribution in [0.15, 0.2) is 41.3 Å². The smallest absolute Gasteiger partial charge is 0.255 e. The van der Waals surface area contributed by atoms with Crippen LogP contribution in [0, 0.1) is 6.92 Å². The number of carbonyl (C=O) groups excluding carboxylic acids is 1. The van der Waals surface area contributed by atoms with E-state index in [-0.39, 0.29) is 17.3 Å². The highest BCUT2D eigenvalue weighted by molar-refractivity contribution is 7.84. The van der Waals surface area contributed by atoms with E-state index in [4.69, 9.17) is 11.6 Å². The van der Waals surface area contributed by atoms with Crippen LogP contribution in [0.1, 0.15) is 15.9 Å². The quantitative estimate of drug-likeness (QED) is 0.851. The van der Waals surface area contributed by atoms with Crippen molar-refractivity contribution in [1.82, 2.24) is 0 Å². The molecule has 0 aliphatic carbocycles. The summed E-state index contributed by atoms with van der Waals surface area (Å²) in [6.07, 6.45) is 1.57. The maximum atomic E-state index is 12.1. The number of phenolic OH excluding ortho intramolecular Hbond substituents is 1. The van der Waals surface area contributed by atoms with Gasteiger partial charge in [0.05, 0.1) is 5.69 Å². The molecule has 0 aliphatic rings. The molecule has 0 saturated carbocycles. The minimum absolute atomic E-state index is 0.0148. The summed E-state index contributed by atoms with van der Waals surface area (Å²) >= 11 is 5.91. The van der Waals surface area contributed by atoms with Crippen LogP contribution >= 0.6 is 11.6 Å². The van der Waals surface area contributed by atoms with E-state index in [0.717, 1.165) is 0 Å². The van der Waals surface area contributed by atoms with E-state index in [1.165, 1.54) is 6.07 Å². The number of nitrogens with one attached hydrogen (secondary N) is 1. The maximum absolute atomic E-state index is 12.1. The van der Waals surface area contributed by atoms with Gasteiger partial charge >= 0.3 is 0 Å². The SMILES string of the molecule is Cc1cc(Cl)cc(NC(=O)c2ccc([S@@](C)=O)cc2)c1O. The van der Waals surface area contributed by atoms with Crippen molar-refractivity contribution in [2.45, 2.75) is 11.8 Å². The number of carbonyl (C=O) groups is 1. The molecular formula is C15H14ClNO3S. The minimum atomic E-state index is -1.09. The van der Waals surface area contributed by atoms with Gasteiger partial charge < -0.3 is 10.4 Å². The Hall–Kier alpha value is -1.85. The van der Waals surface area contributed by atoms with Crippen molar-refractivity contribution >= 4 is 34.0 Å². The van der Waals surface area contributed by atoms with Crippen molar-refractivity contribution in [2.24, 2.45) is 0 Å². The molecule has 0 fully saturated rings. The highest BCUT2D eigenvalue weighted by Crippen LogP contribution is 2.31. The predicted molar refractivity (Wildman–Crippen MR) is 84.6 cm³/mol. The van der Waals surface area contributed by atoms with Crippen molar-refractivity contribution in [3.63, 3.8) is 0 Å². The van der Waals surface area contributed by atoms with Crippen molar-refractivity contribution in [1.29, 1.82) is 0 Å². The summed E-state index contributed by atoms with van der Waals surface area (Å²) in [5.74, 6) is -0.389. The lowest BCUT2D eigenvalue weighted by molar-refractivity contribution is 0.102. The van der Waals surface area contributed by atoms with Crippen LogP contribution in [0.2, 0.25) is 5.02 Å². The topological polar surface area (TPSA) is 66.4 Å². The normalized spacial score (nSPS) is 12.0. The van der Waals surface area contributed by atoms with Crippen molar-refractivity contribution in [2.75, 3.05) is 11.6 Å². The molecule has 0 aliphatic heterocycles. The standard InChI is InChI=1S/C15H14ClNO3S/c1-9-7-11(16)8-13(14(9)18)17-15(19)10-3-5-12(6-4-10)21(2)20/h3-8,18H,1-2H3,(H,17,19)/t21-/m1/s1. The maximum Gasteiger partial charge on any atom is 0.255 e. The number of aromatic hydroxyl groups is 1. The highest BCUT2D eigenvalue weighted by atomic mass is 35.5. The molecule has 0 radical (unpaired) electrons. The molecule has 21 heavy (non-hydrogen) atoms. The Morgan fingerprint density at radius 1 is 1.24 bits per heavy atom. The Morgan fingerprint density at radius 3 is 2.43 bits per heavy atom. The number of halogens is 1. The minimum Gasteiger partial charge on any atom is -0.505 e. The van der Waals surface area contributed by atoms with Crippen LogP contribution in [0.4, 0.5) is 5.69 Å². The summed E-state index contributed by atoms with van der Waals surface area (Å²) in [5, 5.41) is 13.0. The lowest BCUT2D eigenvalue weighted by atomic mass is 10.1. The number of phenols is 1. The second-order valence-electron chi connectivity index (χ2n) is 4.55. The molecule has 0 saturated heterocycles. The van der Waals surface area contributed by atoms with E-state index in [0.29, 0.717) is 21.0 Å². The van der Waals surface area contributed by atoms with Gasteiger partial charge in [0.25, 0.3) is 5.91 Å². The average Bonchev–Trinajstić information content (AvgIpc) is 2.44. The molecule has 2 N–H and O–H groups in total. The number of aryl methyl sites for hydroxylation is 1. The first-order chi connectivity index (χ1) is 9.88. The average molecular weight is 324 g/mol. The van der Waals surface area contributed by atoms with Crippen LogP contribution in [0.3, 0.4) is 0 Å². The molecule has 1 amide bonds. The first kappa shape index (κ1) is 15.5. The predicted octanol–water partition coefficient (Wildman–Crippen LogP) is 3.34. The monoisotopic (exact) mass is 323 g/mol. The first-order valence-electron chi connectivity index (χ1n) is 6.12. The molecule has 0 unspecified atom stereocenters. The Balaban J connectivity index is 2.24. The van der Waals surface area contributed by atoms with Crippen LogP contribution in [-0.2, 0) is 10.8 Å². The molecule has 2 aromatic carbocycles. The zero-order valence-electron chi connectivity index (χ0n) is 11.5. The summed E-state index contributed by atoms with van der Waals surface area (Å²) in [6, 6.07) is 9.53. The van der Waals surface area contributed by atoms with Crippen molar-refractivity contribution in [3.8, 4) is 5.75 Å². The first-order valence-corrected chi connectivity index (χ1v) is 8.06. The second kappa shape index (κ2) is 6.28. The summed E-state index contributed by atoms with van der Waals surface area (Å²) in [4.78, 5) is 12.8. The summed E-state index contributed by atoms with van der Waals surface area (Å²) in [6.45, 7) is 1.70. The zero-order chi connectivity index (χ0) is 15.6. The molecule has 110 valence electrons. The number of amides is 1. The Labute approximate surface area is 130 Å². The fourth-order valence-corrected chi connectivity index (χ4v) is 2.62. The van der Waals surface area contributed by atoms with Crippen LogP contribution < -0.4 is 5.32 Å². The van der Waals surface area contributed by atoms with E-state index in [1.807, 2.05) is 0 Å². The number of benzene rings is 2. The number of hydrogen-bond donors (Lipinski definition) is 2. The van der Waals surface area contributed by atoms with Gasteiger partial charge in [-0.3, -0.25) is 9.00 Å². The summed E-state index contributed by atoms with van der Waals surface area (Å²) in [7, 11) is -1.09. The van der Waals surface area contributed by atoms with Crippen LogP contribution in [0.5, 0.6) is 5.75 Å². The highest BCUT2D eigenvalue weighted by Gasteiger charge is 2.12. The molecule has 1 atom stereocenters. The van der Waals surface area contributed by atoms with Gasteiger partial charge in [-0.2, -0.15) is 0 Å². The Morgan fingerprint density at radius 2 is 1.86 bits per heavy atom. The van der Waals surface area contributed by atoms with Gasteiger partial charge in [0.15, 0.2) is 0 Å². The van der Waals surface area contributed by atoms with Gasteiger partial charge in [0.2, 0.25) is 0 Å². The lowest BCUT2D eigenvalue weighted by Gasteiger charge is -2.10. The molecule has 2 aromatic rings. The zero-order valence-corrected chi connectivity index (χ0v) is 13.1. The van der Waals surface area contributed by atoms with Crippen LogP contribution in [0.25, 0.3) is 0 Å². The van der Waals surface area contributed by atoms with Gasteiger partial charge in [-0.25, -0.2) is 0 Å². The van der Waals surface area contributed by atoms with E-state index in [9.17, 15) is 14.1 Å². The largest absolute Gasteiger partial charge is 0.505 e. The number of anilines is 1. The van der Waals surface area contributed by atoms with Crippen molar-refractivity contribution in [3.05, 3.63) is 52.5 Å². The van der Waals surface area contributed by atoms with E-state index in [2.05, 4.69) is 5.32 Å². The summed E-state index contributed by atoms with van der Waals surface area (Å²) < 4.78 is 11.3. The van der Waals surface area contributed by atoms with E-state index >= 15 is 0 Å². The van der Waals surface area contributed by atoms with Gasteiger partial charge in [-0.15, -0.1) is 0 Å². The van der Waals surface area contributed by atoms with Crippen molar-refractivity contribution < 1.29 is 14.1 Å². The molecule has 0 spiro atoms.